The molecule has 5 nitrogen and oxygen atoms in total. The molecule has 5 heteroatoms. The van der Waals surface area contributed by atoms with E-state index >= 15 is 0 Å². The van der Waals surface area contributed by atoms with Gasteiger partial charge in [0.05, 0.1) is 11.6 Å². The summed E-state index contributed by atoms with van der Waals surface area (Å²) in [6.45, 7) is 7.44. The Bertz CT molecular complexity index is 871. The average molecular weight is 353 g/mol. The van der Waals surface area contributed by atoms with Gasteiger partial charge in [-0.15, -0.1) is 0 Å². The van der Waals surface area contributed by atoms with Crippen LogP contribution in [0.1, 0.15) is 55.6 Å². The van der Waals surface area contributed by atoms with Crippen molar-refractivity contribution >= 4 is 22.7 Å². The van der Waals surface area contributed by atoms with Crippen molar-refractivity contribution in [3.8, 4) is 0 Å². The monoisotopic (exact) mass is 353 g/mol. The van der Waals surface area contributed by atoms with Gasteiger partial charge in [-0.2, -0.15) is 0 Å². The number of nitrogens with one attached hydrogen (secondary N) is 1. The van der Waals surface area contributed by atoms with Crippen molar-refractivity contribution in [2.24, 2.45) is 0 Å². The molecular formula is C21H27N3O2. The Labute approximate surface area is 154 Å². The predicted octanol–water partition coefficient (Wildman–Crippen LogP) is 3.48. The summed E-state index contributed by atoms with van der Waals surface area (Å²) in [4.78, 5) is 32.8. The maximum Gasteiger partial charge on any atom is 0.270 e. The van der Waals surface area contributed by atoms with E-state index < -0.39 is 0 Å². The van der Waals surface area contributed by atoms with Crippen LogP contribution in [0.4, 0.5) is 0 Å². The Morgan fingerprint density at radius 3 is 2.77 bits per heavy atom. The van der Waals surface area contributed by atoms with Crippen LogP contribution < -0.4 is 0 Å². The second-order valence-corrected chi connectivity index (χ2v) is 8.01. The molecule has 1 aromatic heterocycles. The van der Waals surface area contributed by atoms with Crippen LogP contribution in [0.3, 0.4) is 0 Å². The number of amides is 2. The Morgan fingerprint density at radius 1 is 1.23 bits per heavy atom. The molecule has 138 valence electrons. The van der Waals surface area contributed by atoms with Crippen molar-refractivity contribution in [1.82, 2.24) is 14.8 Å². The van der Waals surface area contributed by atoms with Crippen LogP contribution >= 0.6 is 0 Å². The zero-order valence-corrected chi connectivity index (χ0v) is 15.8. The first kappa shape index (κ1) is 17.1. The first-order chi connectivity index (χ1) is 12.4. The molecule has 0 spiro atoms. The zero-order valence-electron chi connectivity index (χ0n) is 15.8. The molecular weight excluding hydrogens is 326 g/mol. The molecule has 2 saturated heterocycles. The third-order valence-electron chi connectivity index (χ3n) is 6.41. The fourth-order valence-corrected chi connectivity index (χ4v) is 5.02. The van der Waals surface area contributed by atoms with Crippen molar-refractivity contribution in [2.45, 2.75) is 58.0 Å². The Balaban J connectivity index is 1.70. The normalized spacial score (nSPS) is 26.0. The Hall–Kier alpha value is -2.30. The van der Waals surface area contributed by atoms with Gasteiger partial charge < -0.3 is 14.8 Å². The number of carbonyl (C=O) groups is 2. The summed E-state index contributed by atoms with van der Waals surface area (Å²) in [6, 6.07) is 8.18. The summed E-state index contributed by atoms with van der Waals surface area (Å²) in [7, 11) is 0. The van der Waals surface area contributed by atoms with Crippen molar-refractivity contribution < 1.29 is 9.59 Å². The zero-order chi connectivity index (χ0) is 18.5. The van der Waals surface area contributed by atoms with Gasteiger partial charge in [-0.3, -0.25) is 9.59 Å². The SMILES string of the molecule is CC(=O)N1CCC[C@@]2(C)[C@H]1CCCN2C(=O)c1cc2c(C)cccc2[nH]1. The van der Waals surface area contributed by atoms with E-state index in [1.54, 1.807) is 6.92 Å². The van der Waals surface area contributed by atoms with Gasteiger partial charge in [-0.05, 0) is 57.2 Å². The minimum Gasteiger partial charge on any atom is -0.351 e. The molecule has 2 fully saturated rings. The molecule has 26 heavy (non-hydrogen) atoms. The highest BCUT2D eigenvalue weighted by Crippen LogP contribution is 2.40. The van der Waals surface area contributed by atoms with Gasteiger partial charge in [0.2, 0.25) is 5.91 Å². The molecule has 0 aliphatic carbocycles. The predicted molar refractivity (Wildman–Crippen MR) is 102 cm³/mol. The van der Waals surface area contributed by atoms with Crippen LogP contribution in [0.2, 0.25) is 0 Å². The second-order valence-electron chi connectivity index (χ2n) is 8.01. The molecule has 3 heterocycles. The van der Waals surface area contributed by atoms with Gasteiger partial charge in [-0.1, -0.05) is 12.1 Å². The third-order valence-corrected chi connectivity index (χ3v) is 6.41. The van der Waals surface area contributed by atoms with E-state index in [1.165, 1.54) is 5.56 Å². The summed E-state index contributed by atoms with van der Waals surface area (Å²) >= 11 is 0. The minimum atomic E-state index is -0.286. The molecule has 1 aromatic carbocycles. The molecule has 2 aromatic rings. The van der Waals surface area contributed by atoms with Gasteiger partial charge in [-0.25, -0.2) is 0 Å². The number of benzene rings is 1. The van der Waals surface area contributed by atoms with E-state index in [0.29, 0.717) is 5.69 Å². The number of rotatable bonds is 1. The van der Waals surface area contributed by atoms with Gasteiger partial charge >= 0.3 is 0 Å². The van der Waals surface area contributed by atoms with Crippen molar-refractivity contribution in [3.05, 3.63) is 35.5 Å². The second kappa shape index (κ2) is 6.15. The standard InChI is InChI=1S/C21H27N3O2/c1-14-7-4-8-17-16(14)13-18(22-17)20(26)24-12-5-9-19-21(24,3)10-6-11-23(19)15(2)25/h4,7-8,13,19,22H,5-6,9-12H2,1-3H3/t19-,21+/m1/s1. The highest BCUT2D eigenvalue weighted by Gasteiger charge is 2.49. The largest absolute Gasteiger partial charge is 0.351 e. The van der Waals surface area contributed by atoms with Gasteiger partial charge in [0.1, 0.15) is 5.69 Å². The van der Waals surface area contributed by atoms with E-state index in [4.69, 9.17) is 0 Å². The number of piperidine rings is 2. The number of carbonyl (C=O) groups excluding carboxylic acids is 2. The quantitative estimate of drug-likeness (QED) is 0.853. The molecule has 4 rings (SSSR count). The maximum absolute atomic E-state index is 13.4. The molecule has 0 unspecified atom stereocenters. The van der Waals surface area contributed by atoms with E-state index in [-0.39, 0.29) is 23.4 Å². The highest BCUT2D eigenvalue weighted by atomic mass is 16.2. The van der Waals surface area contributed by atoms with Crippen LogP contribution in [0, 0.1) is 6.92 Å². The third kappa shape index (κ3) is 2.52. The Kier molecular flexibility index (Phi) is 4.05. The lowest BCUT2D eigenvalue weighted by Gasteiger charge is -2.56. The van der Waals surface area contributed by atoms with Gasteiger partial charge in [0.25, 0.3) is 5.91 Å². The fraction of sp³-hybridized carbons (Fsp3) is 0.524. The number of aromatic nitrogens is 1. The number of likely N-dealkylation sites (tertiary alicyclic amines) is 2. The van der Waals surface area contributed by atoms with E-state index in [2.05, 4.69) is 24.9 Å². The molecule has 2 aliphatic heterocycles. The van der Waals surface area contributed by atoms with Crippen LogP contribution in [-0.2, 0) is 4.79 Å². The number of fused-ring (bicyclic) bond motifs is 2. The number of H-pyrrole nitrogens is 1. The summed E-state index contributed by atoms with van der Waals surface area (Å²) in [6.07, 6.45) is 3.81. The lowest BCUT2D eigenvalue weighted by Crippen LogP contribution is -2.68. The summed E-state index contributed by atoms with van der Waals surface area (Å²) in [5.74, 6) is 0.176. The topological polar surface area (TPSA) is 56.4 Å². The minimum absolute atomic E-state index is 0.0539. The lowest BCUT2D eigenvalue weighted by atomic mass is 9.76. The smallest absolute Gasteiger partial charge is 0.270 e. The summed E-state index contributed by atoms with van der Waals surface area (Å²) < 4.78 is 0. The molecule has 0 radical (unpaired) electrons. The van der Waals surface area contributed by atoms with Gasteiger partial charge in [0.15, 0.2) is 0 Å². The average Bonchev–Trinajstić information content (AvgIpc) is 3.05. The number of hydrogen-bond donors (Lipinski definition) is 1. The first-order valence-corrected chi connectivity index (χ1v) is 9.59. The van der Waals surface area contributed by atoms with Crippen molar-refractivity contribution in [3.63, 3.8) is 0 Å². The molecule has 1 N–H and O–H groups in total. The highest BCUT2D eigenvalue weighted by molar-refractivity contribution is 5.99. The molecule has 2 atom stereocenters. The molecule has 2 amide bonds. The number of nitrogens with zero attached hydrogens (tertiary/aromatic N) is 2. The number of hydrogen-bond acceptors (Lipinski definition) is 2. The van der Waals surface area contributed by atoms with Crippen molar-refractivity contribution in [2.75, 3.05) is 13.1 Å². The van der Waals surface area contributed by atoms with E-state index in [0.717, 1.165) is 49.7 Å². The van der Waals surface area contributed by atoms with E-state index in [9.17, 15) is 9.59 Å². The van der Waals surface area contributed by atoms with Crippen LogP contribution in [0.15, 0.2) is 24.3 Å². The van der Waals surface area contributed by atoms with Gasteiger partial charge in [0, 0.05) is 30.9 Å². The van der Waals surface area contributed by atoms with Crippen molar-refractivity contribution in [1.29, 1.82) is 0 Å². The fourth-order valence-electron chi connectivity index (χ4n) is 5.02. The van der Waals surface area contributed by atoms with E-state index in [1.807, 2.05) is 28.0 Å². The maximum atomic E-state index is 13.4. The van der Waals surface area contributed by atoms with Crippen LogP contribution in [0.5, 0.6) is 0 Å². The number of aromatic amines is 1. The lowest BCUT2D eigenvalue weighted by molar-refractivity contribution is -0.140. The molecule has 0 bridgehead atoms. The summed E-state index contributed by atoms with van der Waals surface area (Å²) in [5, 5.41) is 1.10. The Morgan fingerprint density at radius 2 is 2.04 bits per heavy atom. The number of aryl methyl sites for hydroxylation is 1. The first-order valence-electron chi connectivity index (χ1n) is 9.59. The molecule has 0 saturated carbocycles. The summed E-state index contributed by atoms with van der Waals surface area (Å²) in [5.41, 5.74) is 2.53. The molecule has 2 aliphatic rings. The van der Waals surface area contributed by atoms with Crippen LogP contribution in [-0.4, -0.2) is 51.3 Å². The van der Waals surface area contributed by atoms with Crippen LogP contribution in [0.25, 0.3) is 10.9 Å².